The summed E-state index contributed by atoms with van der Waals surface area (Å²) in [4.78, 5) is 16.7. The van der Waals surface area contributed by atoms with Crippen LogP contribution in [0.15, 0.2) is 48.5 Å². The van der Waals surface area contributed by atoms with Gasteiger partial charge in [-0.15, -0.1) is 0 Å². The Morgan fingerprint density at radius 2 is 2.00 bits per heavy atom. The van der Waals surface area contributed by atoms with E-state index in [-0.39, 0.29) is 5.91 Å². The molecule has 0 radical (unpaired) electrons. The third-order valence-corrected chi connectivity index (χ3v) is 4.26. The molecule has 0 fully saturated rings. The molecule has 0 aliphatic rings. The van der Waals surface area contributed by atoms with Gasteiger partial charge in [0, 0.05) is 0 Å². The van der Waals surface area contributed by atoms with E-state index in [0.717, 1.165) is 16.0 Å². The fourth-order valence-corrected chi connectivity index (χ4v) is 3.08. The van der Waals surface area contributed by atoms with Crippen molar-refractivity contribution in [3.8, 4) is 11.5 Å². The van der Waals surface area contributed by atoms with Crippen LogP contribution in [0.5, 0.6) is 11.5 Å². The number of aromatic nitrogens is 1. The number of rotatable bonds is 6. The van der Waals surface area contributed by atoms with Gasteiger partial charge >= 0.3 is 0 Å². The summed E-state index contributed by atoms with van der Waals surface area (Å²) in [5, 5.41) is 3.35. The highest BCUT2D eigenvalue weighted by molar-refractivity contribution is 7.22. The molecule has 1 aromatic heterocycles. The van der Waals surface area contributed by atoms with E-state index in [1.54, 1.807) is 6.92 Å². The Balaban J connectivity index is 1.68. The van der Waals surface area contributed by atoms with Crippen LogP contribution in [-0.2, 0) is 4.79 Å². The van der Waals surface area contributed by atoms with Crippen LogP contribution >= 0.6 is 11.3 Å². The number of fused-ring (bicyclic) bond motifs is 1. The molecular weight excluding hydrogens is 324 g/mol. The number of hydrogen-bond donors (Lipinski definition) is 1. The number of benzene rings is 2. The number of amides is 1. The van der Waals surface area contributed by atoms with Gasteiger partial charge < -0.3 is 9.47 Å². The van der Waals surface area contributed by atoms with Crippen molar-refractivity contribution in [1.29, 1.82) is 0 Å². The van der Waals surface area contributed by atoms with Crippen molar-refractivity contribution in [3.63, 3.8) is 0 Å². The average molecular weight is 342 g/mol. The van der Waals surface area contributed by atoms with Gasteiger partial charge in [-0.1, -0.05) is 29.5 Å². The number of nitrogens with one attached hydrogen (secondary N) is 1. The van der Waals surface area contributed by atoms with E-state index in [4.69, 9.17) is 9.47 Å². The van der Waals surface area contributed by atoms with E-state index in [9.17, 15) is 4.79 Å². The van der Waals surface area contributed by atoms with E-state index < -0.39 is 6.10 Å². The minimum absolute atomic E-state index is 0.233. The Morgan fingerprint density at radius 3 is 2.75 bits per heavy atom. The molecule has 3 rings (SSSR count). The molecule has 2 aromatic carbocycles. The first-order chi connectivity index (χ1) is 11.7. The number of carbonyl (C=O) groups is 1. The van der Waals surface area contributed by atoms with Crippen LogP contribution < -0.4 is 14.8 Å². The first kappa shape index (κ1) is 16.3. The first-order valence-electron chi connectivity index (χ1n) is 7.71. The molecule has 0 spiro atoms. The Hall–Kier alpha value is -2.60. The Kier molecular flexibility index (Phi) is 4.96. The lowest BCUT2D eigenvalue weighted by Crippen LogP contribution is -2.30. The normalized spacial score (nSPS) is 11.9. The largest absolute Gasteiger partial charge is 0.494 e. The lowest BCUT2D eigenvalue weighted by molar-refractivity contribution is -0.122. The molecule has 24 heavy (non-hydrogen) atoms. The molecule has 124 valence electrons. The van der Waals surface area contributed by atoms with Crippen LogP contribution in [0.3, 0.4) is 0 Å². The minimum atomic E-state index is -0.613. The number of nitrogens with zero attached hydrogens (tertiary/aromatic N) is 1. The fourth-order valence-electron chi connectivity index (χ4n) is 2.18. The zero-order chi connectivity index (χ0) is 16.9. The average Bonchev–Trinajstić information content (AvgIpc) is 2.97. The van der Waals surface area contributed by atoms with Crippen molar-refractivity contribution < 1.29 is 14.3 Å². The second kappa shape index (κ2) is 7.31. The van der Waals surface area contributed by atoms with Crippen molar-refractivity contribution in [3.05, 3.63) is 48.5 Å². The maximum atomic E-state index is 12.3. The number of para-hydroxylation sites is 1. The number of anilines is 1. The summed E-state index contributed by atoms with van der Waals surface area (Å²) in [5.74, 6) is 1.22. The van der Waals surface area contributed by atoms with Gasteiger partial charge in [0.1, 0.15) is 11.5 Å². The van der Waals surface area contributed by atoms with Crippen LogP contribution in [0.1, 0.15) is 13.8 Å². The molecule has 0 bridgehead atoms. The predicted octanol–water partition coefficient (Wildman–Crippen LogP) is 4.10. The van der Waals surface area contributed by atoms with E-state index >= 15 is 0 Å². The van der Waals surface area contributed by atoms with Crippen molar-refractivity contribution in [2.24, 2.45) is 0 Å². The number of ether oxygens (including phenoxy) is 2. The molecule has 1 amide bonds. The monoisotopic (exact) mass is 342 g/mol. The zero-order valence-electron chi connectivity index (χ0n) is 13.5. The van der Waals surface area contributed by atoms with Gasteiger partial charge in [-0.05, 0) is 44.2 Å². The molecule has 0 saturated heterocycles. The van der Waals surface area contributed by atoms with Crippen molar-refractivity contribution in [1.82, 2.24) is 4.98 Å². The SMILES string of the molecule is CCOc1ccc2nc(NC(=O)C(C)Oc3ccccc3)sc2c1. The fraction of sp³-hybridized carbons (Fsp3) is 0.222. The molecule has 0 saturated carbocycles. The lowest BCUT2D eigenvalue weighted by atomic mass is 10.3. The highest BCUT2D eigenvalue weighted by atomic mass is 32.1. The summed E-state index contributed by atoms with van der Waals surface area (Å²) in [6.45, 7) is 4.27. The first-order valence-corrected chi connectivity index (χ1v) is 8.53. The predicted molar refractivity (Wildman–Crippen MR) is 96.0 cm³/mol. The maximum absolute atomic E-state index is 12.3. The van der Waals surface area contributed by atoms with Crippen LogP contribution in [0, 0.1) is 0 Å². The van der Waals surface area contributed by atoms with E-state index in [1.807, 2.05) is 55.5 Å². The second-order valence-corrected chi connectivity index (χ2v) is 6.17. The summed E-state index contributed by atoms with van der Waals surface area (Å²) >= 11 is 1.41. The molecule has 1 atom stereocenters. The molecule has 1 unspecified atom stereocenters. The molecule has 6 heteroatoms. The molecule has 1 heterocycles. The molecule has 5 nitrogen and oxygen atoms in total. The molecule has 1 N–H and O–H groups in total. The highest BCUT2D eigenvalue weighted by Crippen LogP contribution is 2.29. The number of carbonyl (C=O) groups excluding carboxylic acids is 1. The summed E-state index contributed by atoms with van der Waals surface area (Å²) in [5.41, 5.74) is 0.829. The Bertz CT molecular complexity index is 833. The van der Waals surface area contributed by atoms with Gasteiger partial charge in [-0.25, -0.2) is 4.98 Å². The molecule has 0 aliphatic carbocycles. The van der Waals surface area contributed by atoms with Crippen LogP contribution in [0.25, 0.3) is 10.2 Å². The minimum Gasteiger partial charge on any atom is -0.494 e. The van der Waals surface area contributed by atoms with Crippen LogP contribution in [0.2, 0.25) is 0 Å². The zero-order valence-corrected chi connectivity index (χ0v) is 14.3. The number of hydrogen-bond acceptors (Lipinski definition) is 5. The quantitative estimate of drug-likeness (QED) is 0.732. The third kappa shape index (κ3) is 3.83. The Labute approximate surface area is 144 Å². The summed E-state index contributed by atoms with van der Waals surface area (Å²) in [6, 6.07) is 14.9. The van der Waals surface area contributed by atoms with Gasteiger partial charge in [0.05, 0.1) is 16.8 Å². The van der Waals surface area contributed by atoms with Crippen LogP contribution in [0.4, 0.5) is 5.13 Å². The summed E-state index contributed by atoms with van der Waals surface area (Å²) in [7, 11) is 0. The van der Waals surface area contributed by atoms with Crippen molar-refractivity contribution >= 4 is 32.6 Å². The van der Waals surface area contributed by atoms with Gasteiger partial charge in [0.15, 0.2) is 11.2 Å². The molecule has 3 aromatic rings. The smallest absolute Gasteiger partial charge is 0.266 e. The number of thiazole rings is 1. The van der Waals surface area contributed by atoms with Crippen molar-refractivity contribution in [2.45, 2.75) is 20.0 Å². The van der Waals surface area contributed by atoms with Gasteiger partial charge in [0.2, 0.25) is 0 Å². The summed E-state index contributed by atoms with van der Waals surface area (Å²) in [6.07, 6.45) is -0.613. The van der Waals surface area contributed by atoms with Gasteiger partial charge in [-0.2, -0.15) is 0 Å². The third-order valence-electron chi connectivity index (χ3n) is 3.33. The van der Waals surface area contributed by atoms with E-state index in [2.05, 4.69) is 10.3 Å². The molecular formula is C18H18N2O3S. The standard InChI is InChI=1S/C18H18N2O3S/c1-3-22-14-9-10-15-16(11-14)24-18(19-15)20-17(21)12(2)23-13-7-5-4-6-8-13/h4-12H,3H2,1-2H3,(H,19,20,21). The topological polar surface area (TPSA) is 60.5 Å². The molecule has 0 aliphatic heterocycles. The lowest BCUT2D eigenvalue weighted by Gasteiger charge is -2.13. The Morgan fingerprint density at radius 1 is 1.21 bits per heavy atom. The highest BCUT2D eigenvalue weighted by Gasteiger charge is 2.16. The van der Waals surface area contributed by atoms with Gasteiger partial charge in [0.25, 0.3) is 5.91 Å². The maximum Gasteiger partial charge on any atom is 0.266 e. The van der Waals surface area contributed by atoms with E-state index in [1.165, 1.54) is 11.3 Å². The second-order valence-electron chi connectivity index (χ2n) is 5.14. The van der Waals surface area contributed by atoms with Gasteiger partial charge in [-0.3, -0.25) is 10.1 Å². The van der Waals surface area contributed by atoms with Crippen molar-refractivity contribution in [2.75, 3.05) is 11.9 Å². The summed E-state index contributed by atoms with van der Waals surface area (Å²) < 4.78 is 12.1. The van der Waals surface area contributed by atoms with Crippen LogP contribution in [-0.4, -0.2) is 23.6 Å². The van der Waals surface area contributed by atoms with E-state index in [0.29, 0.717) is 17.5 Å².